The lowest BCUT2D eigenvalue weighted by Crippen LogP contribution is -2.30. The van der Waals surface area contributed by atoms with Gasteiger partial charge >= 0.3 is 0 Å². The minimum absolute atomic E-state index is 0.138. The van der Waals surface area contributed by atoms with Crippen LogP contribution < -0.4 is 10.0 Å². The standard InChI is InChI=1S/C15H26N2O3S/c1-4-8-16-11-14-6-5-7-15(9-14)21(18,19)17-10-13(2)12-20-3/h5-7,9,13,16-17H,4,8,10-12H2,1-3H3. The quantitative estimate of drug-likeness (QED) is 0.646. The van der Waals surface area contributed by atoms with Crippen LogP contribution in [-0.2, 0) is 21.3 Å². The zero-order valence-corrected chi connectivity index (χ0v) is 13.9. The molecule has 0 saturated carbocycles. The highest BCUT2D eigenvalue weighted by Crippen LogP contribution is 2.12. The molecule has 0 radical (unpaired) electrons. The minimum Gasteiger partial charge on any atom is -0.384 e. The van der Waals surface area contributed by atoms with E-state index in [0.717, 1.165) is 18.5 Å². The van der Waals surface area contributed by atoms with Gasteiger partial charge in [0, 0.05) is 26.8 Å². The molecule has 0 heterocycles. The fraction of sp³-hybridized carbons (Fsp3) is 0.600. The third-order valence-corrected chi connectivity index (χ3v) is 4.46. The van der Waals surface area contributed by atoms with Gasteiger partial charge in [0.15, 0.2) is 0 Å². The molecule has 21 heavy (non-hydrogen) atoms. The Hall–Kier alpha value is -0.950. The molecule has 2 N–H and O–H groups in total. The molecule has 1 unspecified atom stereocenters. The monoisotopic (exact) mass is 314 g/mol. The van der Waals surface area contributed by atoms with Gasteiger partial charge in [0.1, 0.15) is 0 Å². The van der Waals surface area contributed by atoms with Gasteiger partial charge in [-0.1, -0.05) is 26.0 Å². The summed E-state index contributed by atoms with van der Waals surface area (Å²) in [5.41, 5.74) is 0.969. The summed E-state index contributed by atoms with van der Waals surface area (Å²) >= 11 is 0. The Balaban J connectivity index is 2.67. The lowest BCUT2D eigenvalue weighted by molar-refractivity contribution is 0.161. The van der Waals surface area contributed by atoms with E-state index in [1.807, 2.05) is 13.0 Å². The second-order valence-electron chi connectivity index (χ2n) is 5.24. The molecule has 0 aromatic heterocycles. The van der Waals surface area contributed by atoms with Crippen molar-refractivity contribution in [2.45, 2.75) is 31.7 Å². The van der Waals surface area contributed by atoms with Gasteiger partial charge in [-0.3, -0.25) is 0 Å². The molecule has 0 aliphatic carbocycles. The van der Waals surface area contributed by atoms with Crippen LogP contribution in [0.2, 0.25) is 0 Å². The van der Waals surface area contributed by atoms with Gasteiger partial charge in [0.05, 0.1) is 4.90 Å². The normalized spacial score (nSPS) is 13.3. The molecule has 1 rings (SSSR count). The summed E-state index contributed by atoms with van der Waals surface area (Å²) < 4.78 is 32.1. The second-order valence-corrected chi connectivity index (χ2v) is 7.00. The Labute approximate surface area is 128 Å². The van der Waals surface area contributed by atoms with E-state index in [-0.39, 0.29) is 5.92 Å². The number of methoxy groups -OCH3 is 1. The molecule has 0 saturated heterocycles. The molecule has 5 nitrogen and oxygen atoms in total. The average molecular weight is 314 g/mol. The molecule has 0 fully saturated rings. The van der Waals surface area contributed by atoms with Gasteiger partial charge < -0.3 is 10.1 Å². The predicted molar refractivity (Wildman–Crippen MR) is 84.7 cm³/mol. The third kappa shape index (κ3) is 6.56. The van der Waals surface area contributed by atoms with Crippen molar-refractivity contribution in [3.05, 3.63) is 29.8 Å². The molecular weight excluding hydrogens is 288 g/mol. The molecular formula is C15H26N2O3S. The lowest BCUT2D eigenvalue weighted by Gasteiger charge is -2.12. The summed E-state index contributed by atoms with van der Waals surface area (Å²) in [6.45, 7) is 6.54. The summed E-state index contributed by atoms with van der Waals surface area (Å²) in [4.78, 5) is 0.308. The van der Waals surface area contributed by atoms with E-state index >= 15 is 0 Å². The summed E-state index contributed by atoms with van der Waals surface area (Å²) in [6, 6.07) is 7.03. The molecule has 0 amide bonds. The average Bonchev–Trinajstić information content (AvgIpc) is 2.46. The van der Waals surface area contributed by atoms with Gasteiger partial charge in [-0.15, -0.1) is 0 Å². The Bertz CT molecular complexity index is 517. The second kappa shape index (κ2) is 9.15. The molecule has 0 aliphatic heterocycles. The molecule has 1 atom stereocenters. The highest BCUT2D eigenvalue weighted by molar-refractivity contribution is 7.89. The Kier molecular flexibility index (Phi) is 7.88. The third-order valence-electron chi connectivity index (χ3n) is 3.04. The summed E-state index contributed by atoms with van der Waals surface area (Å²) in [5, 5.41) is 3.27. The van der Waals surface area contributed by atoms with Crippen molar-refractivity contribution >= 4 is 10.0 Å². The Morgan fingerprint density at radius 2 is 2.10 bits per heavy atom. The number of sulfonamides is 1. The number of rotatable bonds is 10. The van der Waals surface area contributed by atoms with Crippen molar-refractivity contribution in [3.8, 4) is 0 Å². The Morgan fingerprint density at radius 3 is 2.76 bits per heavy atom. The molecule has 1 aromatic rings. The van der Waals surface area contributed by atoms with Gasteiger partial charge in [0.25, 0.3) is 0 Å². The topological polar surface area (TPSA) is 67.4 Å². The first kappa shape index (κ1) is 18.1. The van der Waals surface area contributed by atoms with E-state index in [9.17, 15) is 8.42 Å². The number of nitrogens with one attached hydrogen (secondary N) is 2. The smallest absolute Gasteiger partial charge is 0.240 e. The number of hydrogen-bond acceptors (Lipinski definition) is 4. The van der Waals surface area contributed by atoms with Crippen LogP contribution in [0.3, 0.4) is 0 Å². The minimum atomic E-state index is -3.46. The van der Waals surface area contributed by atoms with Crippen LogP contribution in [0, 0.1) is 5.92 Å². The first-order valence-electron chi connectivity index (χ1n) is 7.28. The van der Waals surface area contributed by atoms with E-state index in [1.54, 1.807) is 25.3 Å². The van der Waals surface area contributed by atoms with E-state index in [4.69, 9.17) is 4.74 Å². The summed E-state index contributed by atoms with van der Waals surface area (Å²) in [6.07, 6.45) is 1.05. The van der Waals surface area contributed by atoms with E-state index < -0.39 is 10.0 Å². The predicted octanol–water partition coefficient (Wildman–Crippen LogP) is 1.75. The van der Waals surface area contributed by atoms with Crippen molar-refractivity contribution in [2.75, 3.05) is 26.8 Å². The van der Waals surface area contributed by atoms with Crippen LogP contribution in [0.15, 0.2) is 29.2 Å². The molecule has 0 aliphatic rings. The van der Waals surface area contributed by atoms with Crippen molar-refractivity contribution in [2.24, 2.45) is 5.92 Å². The lowest BCUT2D eigenvalue weighted by atomic mass is 10.2. The zero-order chi connectivity index (χ0) is 15.7. The molecule has 0 bridgehead atoms. The van der Waals surface area contributed by atoms with E-state index in [2.05, 4.69) is 17.0 Å². The van der Waals surface area contributed by atoms with Crippen LogP contribution in [0.1, 0.15) is 25.8 Å². The van der Waals surface area contributed by atoms with Crippen molar-refractivity contribution in [1.29, 1.82) is 0 Å². The maximum atomic E-state index is 12.3. The number of ether oxygens (including phenoxy) is 1. The number of benzene rings is 1. The van der Waals surface area contributed by atoms with Gasteiger partial charge in [-0.2, -0.15) is 0 Å². The maximum Gasteiger partial charge on any atom is 0.240 e. The summed E-state index contributed by atoms with van der Waals surface area (Å²) in [7, 11) is -1.85. The highest BCUT2D eigenvalue weighted by Gasteiger charge is 2.15. The van der Waals surface area contributed by atoms with Crippen LogP contribution >= 0.6 is 0 Å². The fourth-order valence-electron chi connectivity index (χ4n) is 1.91. The van der Waals surface area contributed by atoms with Crippen LogP contribution in [0.25, 0.3) is 0 Å². The van der Waals surface area contributed by atoms with Gasteiger partial charge in [-0.25, -0.2) is 13.1 Å². The zero-order valence-electron chi connectivity index (χ0n) is 13.1. The van der Waals surface area contributed by atoms with Crippen LogP contribution in [0.4, 0.5) is 0 Å². The van der Waals surface area contributed by atoms with E-state index in [1.165, 1.54) is 0 Å². The number of hydrogen-bond donors (Lipinski definition) is 2. The molecule has 6 heteroatoms. The molecule has 1 aromatic carbocycles. The van der Waals surface area contributed by atoms with Crippen molar-refractivity contribution in [3.63, 3.8) is 0 Å². The van der Waals surface area contributed by atoms with Crippen molar-refractivity contribution < 1.29 is 13.2 Å². The first-order chi connectivity index (χ1) is 9.99. The summed E-state index contributed by atoms with van der Waals surface area (Å²) in [5.74, 6) is 0.138. The van der Waals surface area contributed by atoms with E-state index in [0.29, 0.717) is 24.6 Å². The first-order valence-corrected chi connectivity index (χ1v) is 8.76. The Morgan fingerprint density at radius 1 is 1.33 bits per heavy atom. The van der Waals surface area contributed by atoms with Gasteiger partial charge in [0.2, 0.25) is 10.0 Å². The van der Waals surface area contributed by atoms with Crippen molar-refractivity contribution in [1.82, 2.24) is 10.0 Å². The SMILES string of the molecule is CCCNCc1cccc(S(=O)(=O)NCC(C)COC)c1. The van der Waals surface area contributed by atoms with Gasteiger partial charge in [-0.05, 0) is 36.6 Å². The maximum absolute atomic E-state index is 12.3. The largest absolute Gasteiger partial charge is 0.384 e. The highest BCUT2D eigenvalue weighted by atomic mass is 32.2. The van der Waals surface area contributed by atoms with Crippen LogP contribution in [0.5, 0.6) is 0 Å². The van der Waals surface area contributed by atoms with Crippen LogP contribution in [-0.4, -0.2) is 35.2 Å². The fourth-order valence-corrected chi connectivity index (χ4v) is 3.15. The molecule has 0 spiro atoms. The molecule has 120 valence electrons.